The SMILES string of the molecule is CCN1CC23CN(C(=O)c4ccc(OC(C)=O)cc4)C[C@@H](C[C@@H]2S1(=O)=O)O3. The fraction of sp³-hybridized carbons (Fsp3) is 0.556. The number of likely N-dealkylation sites (tertiary alicyclic amines) is 1. The number of nitrogens with zero attached hydrogens (tertiary/aromatic N) is 2. The van der Waals surface area contributed by atoms with E-state index in [0.717, 1.165) is 0 Å². The van der Waals surface area contributed by atoms with Crippen LogP contribution in [0.3, 0.4) is 0 Å². The second-order valence-corrected chi connectivity index (χ2v) is 9.42. The zero-order valence-electron chi connectivity index (χ0n) is 15.3. The number of carbonyl (C=O) groups is 2. The van der Waals surface area contributed by atoms with E-state index in [1.165, 1.54) is 11.2 Å². The zero-order chi connectivity index (χ0) is 19.4. The molecule has 3 heterocycles. The molecule has 1 spiro atoms. The van der Waals surface area contributed by atoms with E-state index < -0.39 is 26.8 Å². The van der Waals surface area contributed by atoms with Crippen LogP contribution in [0, 0.1) is 0 Å². The van der Waals surface area contributed by atoms with Crippen molar-refractivity contribution in [2.24, 2.45) is 0 Å². The van der Waals surface area contributed by atoms with E-state index in [1.54, 1.807) is 29.2 Å². The molecule has 4 rings (SSSR count). The number of carbonyl (C=O) groups excluding carboxylic acids is 2. The van der Waals surface area contributed by atoms with Crippen LogP contribution in [-0.2, 0) is 19.6 Å². The van der Waals surface area contributed by atoms with E-state index in [0.29, 0.717) is 37.4 Å². The average molecular weight is 394 g/mol. The number of benzene rings is 1. The summed E-state index contributed by atoms with van der Waals surface area (Å²) >= 11 is 0. The highest BCUT2D eigenvalue weighted by Crippen LogP contribution is 2.46. The summed E-state index contributed by atoms with van der Waals surface area (Å²) in [4.78, 5) is 25.6. The van der Waals surface area contributed by atoms with Gasteiger partial charge in [0.15, 0.2) is 0 Å². The molecule has 3 aliphatic heterocycles. The van der Waals surface area contributed by atoms with Gasteiger partial charge in [-0.3, -0.25) is 9.59 Å². The Morgan fingerprint density at radius 3 is 2.59 bits per heavy atom. The van der Waals surface area contributed by atoms with Crippen molar-refractivity contribution in [3.63, 3.8) is 0 Å². The third kappa shape index (κ3) is 2.94. The average Bonchev–Trinajstić information content (AvgIpc) is 2.99. The minimum absolute atomic E-state index is 0.176. The van der Waals surface area contributed by atoms with Gasteiger partial charge in [-0.15, -0.1) is 0 Å². The fourth-order valence-electron chi connectivity index (χ4n) is 4.40. The first-order valence-electron chi connectivity index (χ1n) is 9.00. The molecular formula is C18H22N2O6S. The van der Waals surface area contributed by atoms with Crippen molar-refractivity contribution in [1.29, 1.82) is 0 Å². The number of morpholine rings is 1. The van der Waals surface area contributed by atoms with Gasteiger partial charge < -0.3 is 14.4 Å². The van der Waals surface area contributed by atoms with E-state index >= 15 is 0 Å². The maximum atomic E-state index is 12.9. The normalized spacial score (nSPS) is 31.6. The Morgan fingerprint density at radius 2 is 1.96 bits per heavy atom. The van der Waals surface area contributed by atoms with E-state index in [2.05, 4.69) is 0 Å². The molecule has 3 saturated heterocycles. The molecule has 146 valence electrons. The van der Waals surface area contributed by atoms with Crippen LogP contribution < -0.4 is 4.74 Å². The number of ether oxygens (including phenoxy) is 2. The Balaban J connectivity index is 1.55. The maximum absolute atomic E-state index is 12.9. The molecule has 8 nitrogen and oxygen atoms in total. The van der Waals surface area contributed by atoms with Crippen molar-refractivity contribution in [3.05, 3.63) is 29.8 Å². The van der Waals surface area contributed by atoms with Gasteiger partial charge in [0.05, 0.1) is 12.6 Å². The minimum Gasteiger partial charge on any atom is -0.427 e. The Hall–Kier alpha value is -1.97. The third-order valence-electron chi connectivity index (χ3n) is 5.51. The number of sulfonamides is 1. The van der Waals surface area contributed by atoms with E-state index in [-0.39, 0.29) is 18.6 Å². The number of fused-ring (bicyclic) bond motifs is 1. The molecule has 1 amide bonds. The predicted molar refractivity (Wildman–Crippen MR) is 95.8 cm³/mol. The Kier molecular flexibility index (Phi) is 4.28. The first-order valence-corrected chi connectivity index (χ1v) is 10.5. The standard InChI is InChI=1S/C18H22N2O6S/c1-3-20-11-18-10-19(9-15(26-18)8-16(18)27(20,23)24)17(22)13-4-6-14(7-5-13)25-12(2)21/h4-7,15-16H,3,8-11H2,1-2H3/t15-,16+,18?/m1/s1. The number of likely N-dealkylation sites (N-methyl/N-ethyl adjacent to an activating group) is 1. The molecule has 3 fully saturated rings. The van der Waals surface area contributed by atoms with Gasteiger partial charge in [-0.1, -0.05) is 6.92 Å². The van der Waals surface area contributed by atoms with E-state index in [9.17, 15) is 18.0 Å². The Labute approximate surface area is 158 Å². The lowest BCUT2D eigenvalue weighted by molar-refractivity contribution is -0.131. The van der Waals surface area contributed by atoms with Gasteiger partial charge >= 0.3 is 5.97 Å². The quantitative estimate of drug-likeness (QED) is 0.551. The predicted octanol–water partition coefficient (Wildman–Crippen LogP) is 0.629. The van der Waals surface area contributed by atoms with Gasteiger partial charge in [-0.2, -0.15) is 4.31 Å². The second-order valence-electron chi connectivity index (χ2n) is 7.30. The van der Waals surface area contributed by atoms with Crippen LogP contribution in [0.1, 0.15) is 30.6 Å². The second kappa shape index (κ2) is 6.29. The lowest BCUT2D eigenvalue weighted by Crippen LogP contribution is -2.56. The summed E-state index contributed by atoms with van der Waals surface area (Å²) in [6.07, 6.45) is 0.162. The van der Waals surface area contributed by atoms with Gasteiger partial charge in [-0.25, -0.2) is 8.42 Å². The molecule has 1 unspecified atom stereocenters. The number of esters is 1. The highest BCUT2D eigenvalue weighted by Gasteiger charge is 2.65. The molecule has 1 aromatic carbocycles. The van der Waals surface area contributed by atoms with Crippen molar-refractivity contribution in [3.8, 4) is 5.75 Å². The summed E-state index contributed by atoms with van der Waals surface area (Å²) in [7, 11) is -3.39. The minimum atomic E-state index is -3.39. The van der Waals surface area contributed by atoms with Crippen molar-refractivity contribution in [2.45, 2.75) is 37.2 Å². The van der Waals surface area contributed by atoms with Gasteiger partial charge in [-0.05, 0) is 30.7 Å². The highest BCUT2D eigenvalue weighted by molar-refractivity contribution is 7.90. The van der Waals surface area contributed by atoms with Gasteiger partial charge in [0.25, 0.3) is 5.91 Å². The smallest absolute Gasteiger partial charge is 0.308 e. The van der Waals surface area contributed by atoms with Crippen LogP contribution in [0.2, 0.25) is 0 Å². The first-order chi connectivity index (χ1) is 12.7. The fourth-order valence-corrected chi connectivity index (χ4v) is 6.73. The number of hydrogen-bond acceptors (Lipinski definition) is 6. The molecule has 0 aromatic heterocycles. The van der Waals surface area contributed by atoms with Crippen LogP contribution in [0.25, 0.3) is 0 Å². The third-order valence-corrected chi connectivity index (χ3v) is 7.96. The molecule has 9 heteroatoms. The molecule has 0 aliphatic carbocycles. The maximum Gasteiger partial charge on any atom is 0.308 e. The lowest BCUT2D eigenvalue weighted by Gasteiger charge is -2.39. The lowest BCUT2D eigenvalue weighted by atomic mass is 9.99. The zero-order valence-corrected chi connectivity index (χ0v) is 16.1. The highest BCUT2D eigenvalue weighted by atomic mass is 32.2. The molecule has 1 aromatic rings. The Bertz CT molecular complexity index is 884. The topological polar surface area (TPSA) is 93.2 Å². The molecule has 0 saturated carbocycles. The molecule has 3 aliphatic rings. The molecule has 3 atom stereocenters. The van der Waals surface area contributed by atoms with Crippen molar-refractivity contribution >= 4 is 21.9 Å². The summed E-state index contributed by atoms with van der Waals surface area (Å²) in [6.45, 7) is 4.46. The molecular weight excluding hydrogens is 372 g/mol. The van der Waals surface area contributed by atoms with Crippen molar-refractivity contribution in [1.82, 2.24) is 9.21 Å². The summed E-state index contributed by atoms with van der Waals surface area (Å²) in [6, 6.07) is 6.36. The number of rotatable bonds is 3. The largest absolute Gasteiger partial charge is 0.427 e. The van der Waals surface area contributed by atoms with Gasteiger partial charge in [0, 0.05) is 32.1 Å². The number of amides is 1. The summed E-state index contributed by atoms with van der Waals surface area (Å²) < 4.78 is 38.0. The van der Waals surface area contributed by atoms with Crippen LogP contribution >= 0.6 is 0 Å². The number of hydrogen-bond donors (Lipinski definition) is 0. The molecule has 0 N–H and O–H groups in total. The summed E-state index contributed by atoms with van der Waals surface area (Å²) in [5.41, 5.74) is -0.376. The van der Waals surface area contributed by atoms with E-state index in [1.807, 2.05) is 6.92 Å². The molecule has 27 heavy (non-hydrogen) atoms. The summed E-state index contributed by atoms with van der Waals surface area (Å²) in [5.74, 6) is -0.225. The van der Waals surface area contributed by atoms with Gasteiger partial charge in [0.1, 0.15) is 16.6 Å². The van der Waals surface area contributed by atoms with Crippen molar-refractivity contribution < 1.29 is 27.5 Å². The molecule has 0 radical (unpaired) electrons. The van der Waals surface area contributed by atoms with Crippen LogP contribution in [-0.4, -0.2) is 72.6 Å². The Morgan fingerprint density at radius 1 is 1.26 bits per heavy atom. The van der Waals surface area contributed by atoms with Crippen LogP contribution in [0.4, 0.5) is 0 Å². The van der Waals surface area contributed by atoms with E-state index in [4.69, 9.17) is 9.47 Å². The summed E-state index contributed by atoms with van der Waals surface area (Å²) in [5, 5.41) is -0.584. The monoisotopic (exact) mass is 394 g/mol. The van der Waals surface area contributed by atoms with Crippen LogP contribution in [0.15, 0.2) is 24.3 Å². The van der Waals surface area contributed by atoms with Gasteiger partial charge in [0.2, 0.25) is 10.0 Å². The first kappa shape index (κ1) is 18.4. The molecule has 2 bridgehead atoms. The van der Waals surface area contributed by atoms with Crippen LogP contribution in [0.5, 0.6) is 5.75 Å². The van der Waals surface area contributed by atoms with Crippen molar-refractivity contribution in [2.75, 3.05) is 26.2 Å².